The largest absolute Gasteiger partial charge is 1.00 e. The van der Waals surface area contributed by atoms with Crippen molar-refractivity contribution in [3.8, 4) is 0 Å². The quantitative estimate of drug-likeness (QED) is 0.263. The fourth-order valence-electron chi connectivity index (χ4n) is 0. The summed E-state index contributed by atoms with van der Waals surface area (Å²) in [5, 5.41) is 27.9. The van der Waals surface area contributed by atoms with Crippen molar-refractivity contribution in [2.75, 3.05) is 0 Å². The van der Waals surface area contributed by atoms with E-state index in [0.29, 0.717) is 0 Å². The molecular formula is C2H2N2Na2O3. The molecule has 40 valence electrons. The summed E-state index contributed by atoms with van der Waals surface area (Å²) in [6.45, 7) is 0. The van der Waals surface area contributed by atoms with Crippen molar-refractivity contribution >= 4 is 12.2 Å². The van der Waals surface area contributed by atoms with E-state index >= 15 is 0 Å². The van der Waals surface area contributed by atoms with Crippen LogP contribution in [0.2, 0.25) is 0 Å². The number of carbonyl (C=O) groups excluding carboxylic acids is 1. The van der Waals surface area contributed by atoms with E-state index in [1.807, 2.05) is 0 Å². The van der Waals surface area contributed by atoms with Gasteiger partial charge in [0.15, 0.2) is 0 Å². The van der Waals surface area contributed by atoms with Gasteiger partial charge in [0.25, 0.3) is 0 Å². The first-order valence-electron chi connectivity index (χ1n) is 1.11. The van der Waals surface area contributed by atoms with Crippen molar-refractivity contribution in [2.45, 2.75) is 0 Å². The summed E-state index contributed by atoms with van der Waals surface area (Å²) in [5.41, 5.74) is 0. The smallest absolute Gasteiger partial charge is 0.652 e. The maximum atomic E-state index is 8.33. The zero-order chi connectivity index (χ0) is 6.28. The van der Waals surface area contributed by atoms with Gasteiger partial charge in [-0.05, 0) is 6.16 Å². The van der Waals surface area contributed by atoms with Gasteiger partial charge in [0.2, 0.25) is 0 Å². The Labute approximate surface area is 96.1 Å². The Morgan fingerprint density at radius 1 is 1.22 bits per heavy atom. The Morgan fingerprint density at radius 3 is 1.22 bits per heavy atom. The van der Waals surface area contributed by atoms with Gasteiger partial charge < -0.3 is 15.0 Å². The van der Waals surface area contributed by atoms with Crippen LogP contribution < -0.4 is 69.3 Å². The van der Waals surface area contributed by atoms with Gasteiger partial charge in [0.1, 0.15) is 0 Å². The summed E-state index contributed by atoms with van der Waals surface area (Å²) >= 11 is 0. The third-order valence-electron chi connectivity index (χ3n) is 0. The molecule has 7 heteroatoms. The maximum Gasteiger partial charge on any atom is 1.00 e. The minimum Gasteiger partial charge on any atom is -0.652 e. The van der Waals surface area contributed by atoms with Crippen LogP contribution in [0.4, 0.5) is 4.79 Å². The molecule has 0 spiro atoms. The van der Waals surface area contributed by atoms with Crippen molar-refractivity contribution in [3.05, 3.63) is 0 Å². The molecule has 0 saturated carbocycles. The Kier molecular flexibility index (Phi) is 58.8. The van der Waals surface area contributed by atoms with Gasteiger partial charge in [-0.1, -0.05) is 0 Å². The van der Waals surface area contributed by atoms with Crippen LogP contribution >= 0.6 is 0 Å². The monoisotopic (exact) mass is 148 g/mol. The van der Waals surface area contributed by atoms with Gasteiger partial charge in [-0.25, -0.2) is 10.8 Å². The van der Waals surface area contributed by atoms with Gasteiger partial charge in [-0.2, -0.15) is 0 Å². The summed E-state index contributed by atoms with van der Waals surface area (Å²) in [7, 11) is 0. The van der Waals surface area contributed by atoms with E-state index in [2.05, 4.69) is 0 Å². The van der Waals surface area contributed by atoms with E-state index in [0.717, 1.165) is 0 Å². The third-order valence-corrected chi connectivity index (χ3v) is 0. The zero-order valence-electron chi connectivity index (χ0n) is 5.22. The predicted molar refractivity (Wildman–Crippen MR) is 15.8 cm³/mol. The van der Waals surface area contributed by atoms with Crippen molar-refractivity contribution in [1.82, 2.24) is 0 Å². The van der Waals surface area contributed by atoms with Gasteiger partial charge in [-0.15, -0.1) is 0 Å². The number of nitrogens with one attached hydrogen (secondary N) is 2. The van der Waals surface area contributed by atoms with E-state index in [9.17, 15) is 0 Å². The molecule has 2 N–H and O–H groups in total. The molecule has 0 rings (SSSR count). The Bertz CT molecular complexity index is 85.8. The van der Waals surface area contributed by atoms with Crippen LogP contribution in [-0.4, -0.2) is 12.2 Å². The summed E-state index contributed by atoms with van der Waals surface area (Å²) in [5.74, 6) is 0. The van der Waals surface area contributed by atoms with Gasteiger partial charge >= 0.3 is 59.1 Å². The fourth-order valence-corrected chi connectivity index (χ4v) is 0. The van der Waals surface area contributed by atoms with E-state index < -0.39 is 6.16 Å². The summed E-state index contributed by atoms with van der Waals surface area (Å²) in [6.07, 6.45) is -2.33. The van der Waals surface area contributed by atoms with Gasteiger partial charge in [0, 0.05) is 0 Å². The minimum absolute atomic E-state index is 0. The van der Waals surface area contributed by atoms with E-state index in [1.54, 1.807) is 0 Å². The molecule has 0 radical (unpaired) electrons. The Morgan fingerprint density at radius 2 is 1.22 bits per heavy atom. The van der Waals surface area contributed by atoms with Gasteiger partial charge in [-0.3, -0.25) is 0 Å². The first kappa shape index (κ1) is 22.6. The molecular weight excluding hydrogens is 146 g/mol. The van der Waals surface area contributed by atoms with Crippen molar-refractivity contribution in [1.29, 1.82) is 10.8 Å². The van der Waals surface area contributed by atoms with E-state index in [4.69, 9.17) is 25.8 Å². The normalized spacial score (nSPS) is 3.56. The van der Waals surface area contributed by atoms with Crippen LogP contribution in [-0.2, 0) is 0 Å². The molecule has 0 fully saturated rings. The second-order valence-corrected chi connectivity index (χ2v) is 0.375. The number of rotatable bonds is 0. The van der Waals surface area contributed by atoms with Crippen LogP contribution in [0, 0.1) is 10.8 Å². The van der Waals surface area contributed by atoms with Crippen LogP contribution in [0.5, 0.6) is 0 Å². The molecule has 0 aliphatic carbocycles. The number of carboxylic acid groups (broad SMARTS) is 2. The molecule has 0 aromatic carbocycles. The molecule has 9 heavy (non-hydrogen) atoms. The predicted octanol–water partition coefficient (Wildman–Crippen LogP) is -8.12. The first-order valence-corrected chi connectivity index (χ1v) is 1.11. The molecule has 0 aliphatic rings. The number of hydrogen-bond acceptors (Lipinski definition) is 5. The number of carbonyl (C=O) groups is 1. The molecule has 0 atom stereocenters. The summed E-state index contributed by atoms with van der Waals surface area (Å²) in [4.78, 5) is 8.33. The van der Waals surface area contributed by atoms with Crippen molar-refractivity contribution in [3.63, 3.8) is 0 Å². The Hall–Kier alpha value is 0.650. The van der Waals surface area contributed by atoms with E-state index in [1.165, 1.54) is 6.01 Å². The molecule has 0 heterocycles. The molecule has 0 saturated heterocycles. The molecule has 0 amide bonds. The topological polar surface area (TPSA) is 111 Å². The standard InChI is InChI=1S/CH2N2.CH2O3.2Na/c2-1-3;2-1(3)4;;/h2-3H;(H2,2,3,4);;/q;;2*+1/p-2. The summed E-state index contributed by atoms with van der Waals surface area (Å²) < 4.78 is 0. The van der Waals surface area contributed by atoms with Crippen LogP contribution in [0.3, 0.4) is 0 Å². The fraction of sp³-hybridized carbons (Fsp3) is 0. The molecule has 0 aromatic rings. The van der Waals surface area contributed by atoms with Gasteiger partial charge in [0.05, 0.1) is 6.01 Å². The SMILES string of the molecule is N=C=N.O=C([O-])[O-].[Na+].[Na+]. The second-order valence-electron chi connectivity index (χ2n) is 0.375. The molecule has 0 bridgehead atoms. The maximum absolute atomic E-state index is 8.33. The second kappa shape index (κ2) is 23.4. The van der Waals surface area contributed by atoms with Crippen LogP contribution in [0.1, 0.15) is 0 Å². The van der Waals surface area contributed by atoms with Crippen LogP contribution in [0.15, 0.2) is 0 Å². The minimum atomic E-state index is -2.33. The van der Waals surface area contributed by atoms with Crippen molar-refractivity contribution in [2.24, 2.45) is 0 Å². The molecule has 0 unspecified atom stereocenters. The average Bonchev–Trinajstić information content (AvgIpc) is 1.33. The zero-order valence-corrected chi connectivity index (χ0v) is 9.22. The Balaban J connectivity index is -0.0000000233. The first-order chi connectivity index (χ1) is 3.15. The summed E-state index contributed by atoms with van der Waals surface area (Å²) in [6, 6.07) is 1.25. The molecule has 0 aromatic heterocycles. The molecule has 5 nitrogen and oxygen atoms in total. The van der Waals surface area contributed by atoms with Crippen LogP contribution in [0.25, 0.3) is 0 Å². The molecule has 0 aliphatic heterocycles. The average molecular weight is 148 g/mol. The number of hydrogen-bond donors (Lipinski definition) is 2. The van der Waals surface area contributed by atoms with E-state index in [-0.39, 0.29) is 59.1 Å². The van der Waals surface area contributed by atoms with Crippen molar-refractivity contribution < 1.29 is 74.1 Å². The third kappa shape index (κ3) is 905.